The van der Waals surface area contributed by atoms with Crippen LogP contribution in [0, 0.1) is 6.92 Å². The van der Waals surface area contributed by atoms with E-state index in [1.54, 1.807) is 25.5 Å². The Bertz CT molecular complexity index is 776. The number of aryl methyl sites for hydroxylation is 1. The fraction of sp³-hybridized carbons (Fsp3) is 0.524. The summed E-state index contributed by atoms with van der Waals surface area (Å²) in [5.41, 5.74) is 1.23. The maximum Gasteiger partial charge on any atom is 0.191 e. The number of thiazole rings is 1. The van der Waals surface area contributed by atoms with Crippen molar-refractivity contribution in [3.05, 3.63) is 45.9 Å². The molecule has 2 aromatic rings. The smallest absolute Gasteiger partial charge is 0.191 e. The molecule has 0 saturated carbocycles. The molecule has 1 atom stereocenters. The Balaban J connectivity index is 0.00000300. The van der Waals surface area contributed by atoms with Crippen LogP contribution in [0.5, 0.6) is 5.75 Å². The van der Waals surface area contributed by atoms with Crippen molar-refractivity contribution in [2.75, 3.05) is 33.8 Å². The van der Waals surface area contributed by atoms with E-state index in [4.69, 9.17) is 4.74 Å². The van der Waals surface area contributed by atoms with Gasteiger partial charge in [-0.25, -0.2) is 4.98 Å². The molecule has 0 amide bonds. The van der Waals surface area contributed by atoms with Gasteiger partial charge in [-0.3, -0.25) is 9.89 Å². The van der Waals surface area contributed by atoms with E-state index in [1.165, 1.54) is 29.7 Å². The van der Waals surface area contributed by atoms with Crippen LogP contribution in [0.15, 0.2) is 35.5 Å². The van der Waals surface area contributed by atoms with E-state index in [2.05, 4.69) is 44.6 Å². The SMILES string of the molecule is CN=C(NCc1ncc(C)s1)NCC(c1ccccc1OC)N1CCCCC1.I. The lowest BCUT2D eigenvalue weighted by atomic mass is 10.0. The van der Waals surface area contributed by atoms with Gasteiger partial charge in [0, 0.05) is 30.2 Å². The van der Waals surface area contributed by atoms with Crippen LogP contribution < -0.4 is 15.4 Å². The molecule has 29 heavy (non-hydrogen) atoms. The van der Waals surface area contributed by atoms with E-state index in [0.29, 0.717) is 6.54 Å². The number of hydrogen-bond donors (Lipinski definition) is 2. The van der Waals surface area contributed by atoms with Gasteiger partial charge in [-0.05, 0) is 38.9 Å². The van der Waals surface area contributed by atoms with Crippen molar-refractivity contribution in [3.63, 3.8) is 0 Å². The Morgan fingerprint density at radius 2 is 2.00 bits per heavy atom. The maximum absolute atomic E-state index is 5.65. The average molecular weight is 529 g/mol. The summed E-state index contributed by atoms with van der Waals surface area (Å²) >= 11 is 1.71. The third-order valence-corrected chi connectivity index (χ3v) is 6.00. The predicted octanol–water partition coefficient (Wildman–Crippen LogP) is 3.97. The summed E-state index contributed by atoms with van der Waals surface area (Å²) in [6.45, 7) is 5.77. The average Bonchev–Trinajstić information content (AvgIpc) is 3.16. The molecule has 160 valence electrons. The van der Waals surface area contributed by atoms with Crippen LogP contribution in [-0.4, -0.2) is 49.6 Å². The van der Waals surface area contributed by atoms with E-state index in [-0.39, 0.29) is 30.0 Å². The van der Waals surface area contributed by atoms with Gasteiger partial charge >= 0.3 is 0 Å². The summed E-state index contributed by atoms with van der Waals surface area (Å²) in [6.07, 6.45) is 5.73. The normalized spacial score (nSPS) is 16.0. The van der Waals surface area contributed by atoms with Gasteiger partial charge < -0.3 is 15.4 Å². The van der Waals surface area contributed by atoms with Crippen molar-refractivity contribution >= 4 is 41.3 Å². The molecule has 1 aliphatic heterocycles. The minimum Gasteiger partial charge on any atom is -0.496 e. The summed E-state index contributed by atoms with van der Waals surface area (Å²) in [5, 5.41) is 7.95. The monoisotopic (exact) mass is 529 g/mol. The minimum atomic E-state index is 0. The molecule has 1 unspecified atom stereocenters. The first-order chi connectivity index (χ1) is 13.7. The van der Waals surface area contributed by atoms with Crippen molar-refractivity contribution in [1.29, 1.82) is 0 Å². The lowest BCUT2D eigenvalue weighted by Gasteiger charge is -2.35. The van der Waals surface area contributed by atoms with Gasteiger partial charge in [0.05, 0.1) is 19.7 Å². The highest BCUT2D eigenvalue weighted by Crippen LogP contribution is 2.30. The summed E-state index contributed by atoms with van der Waals surface area (Å²) in [7, 11) is 3.55. The zero-order valence-corrected chi connectivity index (χ0v) is 20.6. The highest BCUT2D eigenvalue weighted by molar-refractivity contribution is 14.0. The van der Waals surface area contributed by atoms with Crippen LogP contribution in [0.1, 0.15) is 40.8 Å². The summed E-state index contributed by atoms with van der Waals surface area (Å²) in [4.78, 5) is 12.6. The van der Waals surface area contributed by atoms with Gasteiger partial charge in [-0.1, -0.05) is 24.6 Å². The topological polar surface area (TPSA) is 61.8 Å². The first kappa shape index (κ1) is 23.9. The van der Waals surface area contributed by atoms with E-state index >= 15 is 0 Å². The Morgan fingerprint density at radius 3 is 2.66 bits per heavy atom. The largest absolute Gasteiger partial charge is 0.496 e. The number of nitrogens with zero attached hydrogens (tertiary/aromatic N) is 3. The number of halogens is 1. The van der Waals surface area contributed by atoms with Gasteiger partial charge in [-0.2, -0.15) is 0 Å². The number of likely N-dealkylation sites (tertiary alicyclic amines) is 1. The molecule has 0 spiro atoms. The van der Waals surface area contributed by atoms with Crippen LogP contribution >= 0.6 is 35.3 Å². The van der Waals surface area contributed by atoms with Crippen molar-refractivity contribution in [2.24, 2.45) is 4.99 Å². The second-order valence-electron chi connectivity index (χ2n) is 7.03. The second kappa shape index (κ2) is 12.3. The number of methoxy groups -OCH3 is 1. The molecule has 0 bridgehead atoms. The van der Waals surface area contributed by atoms with Crippen LogP contribution in [-0.2, 0) is 6.54 Å². The lowest BCUT2D eigenvalue weighted by molar-refractivity contribution is 0.161. The Labute approximate surface area is 195 Å². The molecular formula is C21H32IN5OS. The molecular weight excluding hydrogens is 497 g/mol. The fourth-order valence-corrected chi connectivity index (χ4v) is 4.39. The quantitative estimate of drug-likeness (QED) is 0.323. The number of para-hydroxylation sites is 1. The van der Waals surface area contributed by atoms with Gasteiger partial charge in [0.1, 0.15) is 10.8 Å². The summed E-state index contributed by atoms with van der Waals surface area (Å²) in [5.74, 6) is 1.74. The molecule has 2 heterocycles. The highest BCUT2D eigenvalue weighted by Gasteiger charge is 2.25. The number of aliphatic imine (C=N–C) groups is 1. The number of piperidine rings is 1. The molecule has 3 rings (SSSR count). The number of aromatic nitrogens is 1. The first-order valence-corrected chi connectivity index (χ1v) is 10.8. The van der Waals surface area contributed by atoms with E-state index in [1.807, 2.05) is 18.3 Å². The molecule has 0 aliphatic carbocycles. The number of nitrogens with one attached hydrogen (secondary N) is 2. The second-order valence-corrected chi connectivity index (χ2v) is 8.35. The molecule has 1 aromatic carbocycles. The molecule has 1 aliphatic rings. The Morgan fingerprint density at radius 1 is 1.24 bits per heavy atom. The zero-order chi connectivity index (χ0) is 19.8. The lowest BCUT2D eigenvalue weighted by Crippen LogP contribution is -2.44. The maximum atomic E-state index is 5.65. The van der Waals surface area contributed by atoms with Crippen molar-refractivity contribution in [1.82, 2.24) is 20.5 Å². The van der Waals surface area contributed by atoms with Crippen molar-refractivity contribution in [2.45, 2.75) is 38.8 Å². The molecule has 2 N–H and O–H groups in total. The third kappa shape index (κ3) is 6.82. The Kier molecular flexibility index (Phi) is 10.2. The minimum absolute atomic E-state index is 0. The van der Waals surface area contributed by atoms with Crippen molar-refractivity contribution in [3.8, 4) is 5.75 Å². The number of hydrogen-bond acceptors (Lipinski definition) is 5. The molecule has 1 fully saturated rings. The third-order valence-electron chi connectivity index (χ3n) is 5.09. The van der Waals surface area contributed by atoms with Crippen LogP contribution in [0.25, 0.3) is 0 Å². The fourth-order valence-electron chi connectivity index (χ4n) is 3.66. The standard InChI is InChI=1S/C21H31N5OS.HI/c1-16-13-23-20(28-16)15-25-21(22-2)24-14-18(26-11-7-4-8-12-26)17-9-5-6-10-19(17)27-3;/h5-6,9-10,13,18H,4,7-8,11-12,14-15H2,1-3H3,(H2,22,24,25);1H. The van der Waals surface area contributed by atoms with E-state index in [9.17, 15) is 0 Å². The highest BCUT2D eigenvalue weighted by atomic mass is 127. The molecule has 0 radical (unpaired) electrons. The summed E-state index contributed by atoms with van der Waals surface area (Å²) < 4.78 is 5.65. The van der Waals surface area contributed by atoms with Crippen molar-refractivity contribution < 1.29 is 4.74 Å². The van der Waals surface area contributed by atoms with Gasteiger partial charge in [-0.15, -0.1) is 35.3 Å². The van der Waals surface area contributed by atoms with Crippen LogP contribution in [0.3, 0.4) is 0 Å². The van der Waals surface area contributed by atoms with E-state index < -0.39 is 0 Å². The Hall–Kier alpha value is -1.39. The van der Waals surface area contributed by atoms with Crippen LogP contribution in [0.4, 0.5) is 0 Å². The van der Waals surface area contributed by atoms with Gasteiger partial charge in [0.15, 0.2) is 5.96 Å². The number of guanidine groups is 1. The van der Waals surface area contributed by atoms with Crippen LogP contribution in [0.2, 0.25) is 0 Å². The van der Waals surface area contributed by atoms with Gasteiger partial charge in [0.2, 0.25) is 0 Å². The molecule has 1 saturated heterocycles. The predicted molar refractivity (Wildman–Crippen MR) is 132 cm³/mol. The molecule has 1 aromatic heterocycles. The summed E-state index contributed by atoms with van der Waals surface area (Å²) in [6, 6.07) is 8.59. The number of rotatable bonds is 7. The number of ether oxygens (including phenoxy) is 1. The molecule has 6 nitrogen and oxygen atoms in total. The number of benzene rings is 1. The molecule has 8 heteroatoms. The zero-order valence-electron chi connectivity index (χ0n) is 17.5. The van der Waals surface area contributed by atoms with Gasteiger partial charge in [0.25, 0.3) is 0 Å². The van der Waals surface area contributed by atoms with E-state index in [0.717, 1.165) is 36.4 Å². The first-order valence-electron chi connectivity index (χ1n) is 9.94.